The predicted molar refractivity (Wildman–Crippen MR) is 123 cm³/mol. The summed E-state index contributed by atoms with van der Waals surface area (Å²) < 4.78 is 13.4. The van der Waals surface area contributed by atoms with Crippen molar-refractivity contribution < 1.29 is 9.18 Å². The summed E-state index contributed by atoms with van der Waals surface area (Å²) in [6.45, 7) is 7.93. The highest BCUT2D eigenvalue weighted by Gasteiger charge is 2.25. The number of amides is 1. The van der Waals surface area contributed by atoms with Crippen LogP contribution in [-0.4, -0.2) is 78.0 Å². The Labute approximate surface area is 189 Å². The lowest BCUT2D eigenvalue weighted by Crippen LogP contribution is -2.47. The van der Waals surface area contributed by atoms with Crippen molar-refractivity contribution >= 4 is 11.9 Å². The minimum atomic E-state index is -0.205. The second-order valence-electron chi connectivity index (χ2n) is 8.73. The first-order valence-corrected chi connectivity index (χ1v) is 11.7. The number of hydrogen-bond donors (Lipinski definition) is 1. The number of carbonyl (C=O) groups is 1. The lowest BCUT2D eigenvalue weighted by molar-refractivity contribution is -0.126. The molecule has 0 aliphatic carbocycles. The molecule has 2 saturated heterocycles. The van der Waals surface area contributed by atoms with Gasteiger partial charge in [0.2, 0.25) is 11.9 Å². The van der Waals surface area contributed by atoms with Crippen LogP contribution in [0.1, 0.15) is 24.8 Å². The molecule has 2 aliphatic heterocycles. The molecule has 2 aliphatic rings. The molecule has 4 rings (SSSR count). The molecule has 1 atom stereocenters. The molecule has 8 heteroatoms. The van der Waals surface area contributed by atoms with E-state index in [1.807, 2.05) is 12.1 Å². The zero-order valence-corrected chi connectivity index (χ0v) is 18.6. The van der Waals surface area contributed by atoms with Gasteiger partial charge in [0.05, 0.1) is 5.92 Å². The summed E-state index contributed by atoms with van der Waals surface area (Å²) in [7, 11) is 0. The molecule has 3 heterocycles. The first-order valence-electron chi connectivity index (χ1n) is 11.7. The van der Waals surface area contributed by atoms with Gasteiger partial charge >= 0.3 is 0 Å². The number of piperazine rings is 1. The zero-order chi connectivity index (χ0) is 22.2. The Morgan fingerprint density at radius 2 is 1.88 bits per heavy atom. The molecule has 32 heavy (non-hydrogen) atoms. The molecule has 172 valence electrons. The summed E-state index contributed by atoms with van der Waals surface area (Å²) in [6.07, 6.45) is 6.44. The number of anilines is 1. The molecule has 1 unspecified atom stereocenters. The smallest absolute Gasteiger partial charge is 0.225 e. The molecule has 1 N–H and O–H groups in total. The third-order valence-electron chi connectivity index (χ3n) is 6.33. The molecular weight excluding hydrogens is 407 g/mol. The van der Waals surface area contributed by atoms with Crippen LogP contribution in [0.25, 0.3) is 0 Å². The van der Waals surface area contributed by atoms with Crippen molar-refractivity contribution in [3.8, 4) is 0 Å². The van der Waals surface area contributed by atoms with Crippen LogP contribution in [0.2, 0.25) is 0 Å². The molecule has 0 radical (unpaired) electrons. The Morgan fingerprint density at radius 3 is 2.66 bits per heavy atom. The van der Waals surface area contributed by atoms with Gasteiger partial charge in [-0.15, -0.1) is 0 Å². The average molecular weight is 441 g/mol. The summed E-state index contributed by atoms with van der Waals surface area (Å²) in [4.78, 5) is 28.2. The Balaban J connectivity index is 1.12. The fourth-order valence-electron chi connectivity index (χ4n) is 4.59. The Morgan fingerprint density at radius 1 is 1.06 bits per heavy atom. The van der Waals surface area contributed by atoms with E-state index in [1.165, 1.54) is 6.07 Å². The lowest BCUT2D eigenvalue weighted by Gasteiger charge is -2.34. The topological polar surface area (TPSA) is 64.6 Å². The summed E-state index contributed by atoms with van der Waals surface area (Å²) in [5.74, 6) is 0.772. The minimum absolute atomic E-state index is 0.0201. The Kier molecular flexibility index (Phi) is 8.01. The van der Waals surface area contributed by atoms with Crippen molar-refractivity contribution in [2.24, 2.45) is 5.92 Å². The molecule has 1 amide bonds. The quantitative estimate of drug-likeness (QED) is 0.635. The van der Waals surface area contributed by atoms with Crippen molar-refractivity contribution in [3.63, 3.8) is 0 Å². The second-order valence-corrected chi connectivity index (χ2v) is 8.73. The first kappa shape index (κ1) is 22.6. The lowest BCUT2D eigenvalue weighted by atomic mass is 9.96. The van der Waals surface area contributed by atoms with Gasteiger partial charge in [-0.2, -0.15) is 0 Å². The van der Waals surface area contributed by atoms with Crippen LogP contribution >= 0.6 is 0 Å². The third kappa shape index (κ3) is 6.46. The highest BCUT2D eigenvalue weighted by Crippen LogP contribution is 2.19. The van der Waals surface area contributed by atoms with Gasteiger partial charge in [-0.05, 0) is 56.1 Å². The molecule has 1 aromatic heterocycles. The van der Waals surface area contributed by atoms with Gasteiger partial charge in [0.15, 0.2) is 0 Å². The van der Waals surface area contributed by atoms with Crippen LogP contribution in [0.4, 0.5) is 10.3 Å². The largest absolute Gasteiger partial charge is 0.356 e. The third-order valence-corrected chi connectivity index (χ3v) is 6.33. The second kappa shape index (κ2) is 11.3. The molecule has 2 fully saturated rings. The number of halogens is 1. The standard InChI is InChI=1S/C24H33FN6O/c25-22-7-1-5-20(17-22)18-30-11-2-6-21(19-30)23(32)26-10-4-12-29-13-15-31(16-14-29)24-27-8-3-9-28-24/h1,3,5,7-9,17,21H,2,4,6,10-16,18-19H2,(H,26,32). The number of rotatable bonds is 8. The predicted octanol–water partition coefficient (Wildman–Crippen LogP) is 2.16. The monoisotopic (exact) mass is 440 g/mol. The summed E-state index contributed by atoms with van der Waals surface area (Å²) >= 11 is 0. The molecule has 7 nitrogen and oxygen atoms in total. The Hall–Kier alpha value is -2.58. The van der Waals surface area contributed by atoms with Crippen LogP contribution in [0, 0.1) is 11.7 Å². The van der Waals surface area contributed by atoms with Gasteiger partial charge in [0.1, 0.15) is 5.82 Å². The first-order chi connectivity index (χ1) is 15.7. The van der Waals surface area contributed by atoms with Gasteiger partial charge in [0.25, 0.3) is 0 Å². The normalized spacial score (nSPS) is 20.3. The van der Waals surface area contributed by atoms with E-state index in [2.05, 4.69) is 30.0 Å². The number of likely N-dealkylation sites (tertiary alicyclic amines) is 1. The number of aromatic nitrogens is 2. The maximum absolute atomic E-state index is 13.4. The highest BCUT2D eigenvalue weighted by molar-refractivity contribution is 5.78. The molecule has 2 aromatic rings. The van der Waals surface area contributed by atoms with Crippen LogP contribution in [0.15, 0.2) is 42.7 Å². The van der Waals surface area contributed by atoms with Gasteiger partial charge in [-0.3, -0.25) is 14.6 Å². The van der Waals surface area contributed by atoms with E-state index >= 15 is 0 Å². The fourth-order valence-corrected chi connectivity index (χ4v) is 4.59. The number of nitrogens with one attached hydrogen (secondary N) is 1. The molecular formula is C24H33FN6O. The SMILES string of the molecule is O=C(NCCCN1CCN(c2ncccn2)CC1)C1CCCN(Cc2cccc(F)c2)C1. The summed E-state index contributed by atoms with van der Waals surface area (Å²) in [5, 5.41) is 3.14. The van der Waals surface area contributed by atoms with Gasteiger partial charge in [0, 0.05) is 58.2 Å². The maximum atomic E-state index is 13.4. The maximum Gasteiger partial charge on any atom is 0.225 e. The number of piperidine rings is 1. The van der Waals surface area contributed by atoms with Crippen LogP contribution in [0.5, 0.6) is 0 Å². The van der Waals surface area contributed by atoms with E-state index in [0.717, 1.165) is 76.6 Å². The van der Waals surface area contributed by atoms with Crippen LogP contribution in [0.3, 0.4) is 0 Å². The van der Waals surface area contributed by atoms with Crippen LogP contribution in [-0.2, 0) is 11.3 Å². The van der Waals surface area contributed by atoms with Crippen molar-refractivity contribution in [1.82, 2.24) is 25.1 Å². The van der Waals surface area contributed by atoms with Crippen molar-refractivity contribution in [3.05, 3.63) is 54.1 Å². The highest BCUT2D eigenvalue weighted by atomic mass is 19.1. The minimum Gasteiger partial charge on any atom is -0.356 e. The average Bonchev–Trinajstić information content (AvgIpc) is 2.83. The number of hydrogen-bond acceptors (Lipinski definition) is 6. The van der Waals surface area contributed by atoms with Crippen molar-refractivity contribution in [2.45, 2.75) is 25.8 Å². The number of carbonyl (C=O) groups excluding carboxylic acids is 1. The van der Waals surface area contributed by atoms with E-state index in [1.54, 1.807) is 24.5 Å². The fraction of sp³-hybridized carbons (Fsp3) is 0.542. The number of nitrogens with zero attached hydrogens (tertiary/aromatic N) is 5. The van der Waals surface area contributed by atoms with E-state index in [-0.39, 0.29) is 17.6 Å². The molecule has 0 bridgehead atoms. The van der Waals surface area contributed by atoms with Crippen LogP contribution < -0.4 is 10.2 Å². The van der Waals surface area contributed by atoms with Gasteiger partial charge in [-0.25, -0.2) is 14.4 Å². The van der Waals surface area contributed by atoms with E-state index in [9.17, 15) is 9.18 Å². The zero-order valence-electron chi connectivity index (χ0n) is 18.6. The van der Waals surface area contributed by atoms with Crippen molar-refractivity contribution in [1.29, 1.82) is 0 Å². The summed E-state index contributed by atoms with van der Waals surface area (Å²) in [6, 6.07) is 8.57. The van der Waals surface area contributed by atoms with Gasteiger partial charge < -0.3 is 10.2 Å². The number of benzene rings is 1. The van der Waals surface area contributed by atoms with Crippen molar-refractivity contribution in [2.75, 3.05) is 57.3 Å². The Bertz CT molecular complexity index is 859. The molecule has 0 spiro atoms. The van der Waals surface area contributed by atoms with E-state index < -0.39 is 0 Å². The van der Waals surface area contributed by atoms with E-state index in [4.69, 9.17) is 0 Å². The molecule has 0 saturated carbocycles. The molecule has 1 aromatic carbocycles. The summed E-state index contributed by atoms with van der Waals surface area (Å²) in [5.41, 5.74) is 0.963. The van der Waals surface area contributed by atoms with Gasteiger partial charge in [-0.1, -0.05) is 12.1 Å². The van der Waals surface area contributed by atoms with E-state index in [0.29, 0.717) is 13.1 Å².